The molecule has 8 heteroatoms. The van der Waals surface area contributed by atoms with Crippen LogP contribution >= 0.6 is 11.6 Å². The second-order valence-electron chi connectivity index (χ2n) is 5.40. The number of benzene rings is 1. The Bertz CT molecular complexity index is 738. The fraction of sp³-hybridized carbons (Fsp3) is 0.400. The molecule has 4 nitrogen and oxygen atoms in total. The van der Waals surface area contributed by atoms with Gasteiger partial charge in [0.15, 0.2) is 0 Å². The van der Waals surface area contributed by atoms with E-state index in [0.717, 1.165) is 5.52 Å². The quantitative estimate of drug-likeness (QED) is 0.920. The number of nitrogens with one attached hydrogen (secondary N) is 1. The van der Waals surface area contributed by atoms with Crippen LogP contribution in [-0.4, -0.2) is 36.4 Å². The number of halogens is 4. The molecule has 0 atom stereocenters. The summed E-state index contributed by atoms with van der Waals surface area (Å²) in [5, 5.41) is 3.24. The average molecular weight is 347 g/mol. The first-order valence-electron chi connectivity index (χ1n) is 7.08. The molecule has 1 aliphatic heterocycles. The van der Waals surface area contributed by atoms with E-state index in [4.69, 9.17) is 16.3 Å². The van der Waals surface area contributed by atoms with Gasteiger partial charge in [0.1, 0.15) is 0 Å². The van der Waals surface area contributed by atoms with Gasteiger partial charge in [0, 0.05) is 18.1 Å². The fourth-order valence-corrected chi connectivity index (χ4v) is 2.81. The van der Waals surface area contributed by atoms with Crippen molar-refractivity contribution >= 4 is 28.4 Å². The third kappa shape index (κ3) is 3.30. The molecular weight excluding hydrogens is 333 g/mol. The maximum Gasteiger partial charge on any atom is 0.390 e. The molecule has 23 heavy (non-hydrogen) atoms. The standard InChI is InChI=1S/C15H14ClF3N2O2/c16-11-2-1-3-12-13(11)10(6-21(12)9-7-23-8-9)14(22)20-5-4-15(17,18)19/h1-3,6,9H,4-5,7-8H2,(H,20,22). The van der Waals surface area contributed by atoms with Gasteiger partial charge >= 0.3 is 6.18 Å². The van der Waals surface area contributed by atoms with Crippen molar-refractivity contribution in [2.45, 2.75) is 18.6 Å². The molecular formula is C15H14ClF3N2O2. The minimum absolute atomic E-state index is 0.104. The van der Waals surface area contributed by atoms with Gasteiger partial charge in [-0.15, -0.1) is 0 Å². The van der Waals surface area contributed by atoms with Gasteiger partial charge < -0.3 is 14.6 Å². The SMILES string of the molecule is O=C(NCCC(F)(F)F)c1cn(C2COC2)c2cccc(Cl)c12. The Morgan fingerprint density at radius 3 is 2.74 bits per heavy atom. The number of carbonyl (C=O) groups is 1. The summed E-state index contributed by atoms with van der Waals surface area (Å²) in [4.78, 5) is 12.3. The smallest absolute Gasteiger partial charge is 0.377 e. The molecule has 3 rings (SSSR count). The summed E-state index contributed by atoms with van der Waals surface area (Å²) in [7, 11) is 0. The van der Waals surface area contributed by atoms with Crippen LogP contribution in [0.5, 0.6) is 0 Å². The van der Waals surface area contributed by atoms with Crippen molar-refractivity contribution in [3.05, 3.63) is 35.0 Å². The Labute approximate surface area is 135 Å². The number of amides is 1. The number of carbonyl (C=O) groups excluding carboxylic acids is 1. The van der Waals surface area contributed by atoms with E-state index in [1.54, 1.807) is 18.3 Å². The molecule has 1 aromatic carbocycles. The van der Waals surface area contributed by atoms with Gasteiger partial charge in [0.25, 0.3) is 5.91 Å². The molecule has 0 aliphatic carbocycles. The maximum atomic E-state index is 12.3. The molecule has 0 radical (unpaired) electrons. The first kappa shape index (κ1) is 16.1. The van der Waals surface area contributed by atoms with Gasteiger partial charge in [-0.25, -0.2) is 0 Å². The fourth-order valence-electron chi connectivity index (χ4n) is 2.54. The van der Waals surface area contributed by atoms with Crippen molar-refractivity contribution in [3.63, 3.8) is 0 Å². The Morgan fingerprint density at radius 1 is 1.39 bits per heavy atom. The van der Waals surface area contributed by atoms with Gasteiger partial charge in [-0.2, -0.15) is 13.2 Å². The van der Waals surface area contributed by atoms with E-state index in [0.29, 0.717) is 23.6 Å². The van der Waals surface area contributed by atoms with Crippen molar-refractivity contribution in [3.8, 4) is 0 Å². The average Bonchev–Trinajstić information content (AvgIpc) is 2.76. The van der Waals surface area contributed by atoms with Crippen molar-refractivity contribution in [2.24, 2.45) is 0 Å². The molecule has 124 valence electrons. The van der Waals surface area contributed by atoms with E-state index in [-0.39, 0.29) is 11.6 Å². The topological polar surface area (TPSA) is 43.3 Å². The number of aromatic nitrogens is 1. The summed E-state index contributed by atoms with van der Waals surface area (Å²) in [6, 6.07) is 5.35. The van der Waals surface area contributed by atoms with Gasteiger partial charge in [-0.05, 0) is 12.1 Å². The zero-order valence-electron chi connectivity index (χ0n) is 12.0. The van der Waals surface area contributed by atoms with Gasteiger partial charge in [0.05, 0.1) is 41.8 Å². The van der Waals surface area contributed by atoms with Crippen molar-refractivity contribution in [1.29, 1.82) is 0 Å². The predicted molar refractivity (Wildman–Crippen MR) is 79.8 cm³/mol. The van der Waals surface area contributed by atoms with E-state index in [2.05, 4.69) is 5.32 Å². The van der Waals surface area contributed by atoms with Gasteiger partial charge in [-0.3, -0.25) is 4.79 Å². The van der Waals surface area contributed by atoms with Crippen LogP contribution < -0.4 is 5.32 Å². The van der Waals surface area contributed by atoms with Crippen LogP contribution in [-0.2, 0) is 4.74 Å². The van der Waals surface area contributed by atoms with Crippen LogP contribution in [0.25, 0.3) is 10.9 Å². The normalized spacial score (nSPS) is 15.7. The largest absolute Gasteiger partial charge is 0.390 e. The van der Waals surface area contributed by atoms with E-state index in [1.807, 2.05) is 10.6 Å². The highest BCUT2D eigenvalue weighted by Crippen LogP contribution is 2.32. The Morgan fingerprint density at radius 2 is 2.13 bits per heavy atom. The van der Waals surface area contributed by atoms with Crippen molar-refractivity contribution in [1.82, 2.24) is 9.88 Å². The van der Waals surface area contributed by atoms with E-state index in [9.17, 15) is 18.0 Å². The molecule has 1 N–H and O–H groups in total. The summed E-state index contributed by atoms with van der Waals surface area (Å²) in [5.74, 6) is -0.564. The van der Waals surface area contributed by atoms with Crippen LogP contribution in [0.15, 0.2) is 24.4 Å². The summed E-state index contributed by atoms with van der Waals surface area (Å²) in [5.41, 5.74) is 1.05. The Balaban J connectivity index is 1.89. The molecule has 0 unspecified atom stereocenters. The molecule has 1 aromatic heterocycles. The first-order valence-corrected chi connectivity index (χ1v) is 7.46. The number of rotatable bonds is 4. The molecule has 1 amide bonds. The van der Waals surface area contributed by atoms with Crippen LogP contribution in [0.3, 0.4) is 0 Å². The summed E-state index contributed by atoms with van der Waals surface area (Å²) < 4.78 is 43.6. The van der Waals surface area contributed by atoms with Crippen molar-refractivity contribution < 1.29 is 22.7 Å². The number of hydrogen-bond donors (Lipinski definition) is 1. The van der Waals surface area contributed by atoms with Gasteiger partial charge in [-0.1, -0.05) is 17.7 Å². The highest BCUT2D eigenvalue weighted by molar-refractivity contribution is 6.36. The molecule has 1 aliphatic rings. The zero-order valence-corrected chi connectivity index (χ0v) is 12.7. The van der Waals surface area contributed by atoms with Crippen LogP contribution in [0.2, 0.25) is 5.02 Å². The lowest BCUT2D eigenvalue weighted by Gasteiger charge is -2.28. The van der Waals surface area contributed by atoms with E-state index >= 15 is 0 Å². The predicted octanol–water partition coefficient (Wildman–Crippen LogP) is 3.55. The minimum Gasteiger partial charge on any atom is -0.377 e. The minimum atomic E-state index is -4.30. The Kier molecular flexibility index (Phi) is 4.25. The third-order valence-electron chi connectivity index (χ3n) is 3.76. The number of hydrogen-bond acceptors (Lipinski definition) is 2. The molecule has 2 aromatic rings. The maximum absolute atomic E-state index is 12.3. The lowest BCUT2D eigenvalue weighted by Crippen LogP contribution is -2.30. The number of ether oxygens (including phenoxy) is 1. The van der Waals surface area contributed by atoms with Gasteiger partial charge in [0.2, 0.25) is 0 Å². The second kappa shape index (κ2) is 6.05. The number of fused-ring (bicyclic) bond motifs is 1. The first-order chi connectivity index (χ1) is 10.9. The van der Waals surface area contributed by atoms with Crippen molar-refractivity contribution in [2.75, 3.05) is 19.8 Å². The molecule has 1 fully saturated rings. The third-order valence-corrected chi connectivity index (χ3v) is 4.07. The highest BCUT2D eigenvalue weighted by Gasteiger charge is 2.28. The molecule has 2 heterocycles. The lowest BCUT2D eigenvalue weighted by atomic mass is 10.1. The van der Waals surface area contributed by atoms with E-state index < -0.39 is 25.0 Å². The summed E-state index contributed by atoms with van der Waals surface area (Å²) >= 11 is 6.19. The van der Waals surface area contributed by atoms with Crippen LogP contribution in [0, 0.1) is 0 Å². The second-order valence-corrected chi connectivity index (χ2v) is 5.80. The zero-order chi connectivity index (χ0) is 16.6. The monoisotopic (exact) mass is 346 g/mol. The number of alkyl halides is 3. The molecule has 1 saturated heterocycles. The van der Waals surface area contributed by atoms with E-state index in [1.165, 1.54) is 0 Å². The highest BCUT2D eigenvalue weighted by atomic mass is 35.5. The van der Waals surface area contributed by atoms with Crippen LogP contribution in [0.4, 0.5) is 13.2 Å². The Hall–Kier alpha value is -1.73. The molecule has 0 spiro atoms. The number of nitrogens with zero attached hydrogens (tertiary/aromatic N) is 1. The summed E-state index contributed by atoms with van der Waals surface area (Å²) in [6.45, 7) is 0.600. The summed E-state index contributed by atoms with van der Waals surface area (Å²) in [6.07, 6.45) is -3.74. The molecule has 0 bridgehead atoms. The lowest BCUT2D eigenvalue weighted by molar-refractivity contribution is -0.132. The molecule has 0 saturated carbocycles. The van der Waals surface area contributed by atoms with Crippen LogP contribution in [0.1, 0.15) is 22.8 Å².